The van der Waals surface area contributed by atoms with Crippen molar-refractivity contribution in [1.82, 2.24) is 19.7 Å². The molecule has 0 aromatic carbocycles. The molecule has 0 radical (unpaired) electrons. The molecule has 0 aliphatic heterocycles. The van der Waals surface area contributed by atoms with E-state index < -0.39 is 5.97 Å². The smallest absolute Gasteiger partial charge is 0.343 e. The van der Waals surface area contributed by atoms with Gasteiger partial charge in [0.2, 0.25) is 0 Å². The van der Waals surface area contributed by atoms with E-state index in [1.54, 1.807) is 24.0 Å². The molecule has 0 spiro atoms. The molecule has 2 rings (SSSR count). The molecule has 0 bridgehead atoms. The SMILES string of the molecule is COC(=O)c1cnc(-c2ccn(C)n2)nc1N. The molecule has 0 aliphatic rings. The highest BCUT2D eigenvalue weighted by Gasteiger charge is 2.14. The third kappa shape index (κ3) is 2.07. The van der Waals surface area contributed by atoms with E-state index in [2.05, 4.69) is 19.8 Å². The average molecular weight is 233 g/mol. The molecule has 0 unspecified atom stereocenters. The molecule has 88 valence electrons. The van der Waals surface area contributed by atoms with E-state index >= 15 is 0 Å². The lowest BCUT2D eigenvalue weighted by Gasteiger charge is -2.03. The van der Waals surface area contributed by atoms with Crippen molar-refractivity contribution in [3.63, 3.8) is 0 Å². The van der Waals surface area contributed by atoms with Gasteiger partial charge in [-0.2, -0.15) is 5.10 Å². The number of esters is 1. The van der Waals surface area contributed by atoms with E-state index in [9.17, 15) is 4.79 Å². The van der Waals surface area contributed by atoms with E-state index in [1.807, 2.05) is 0 Å². The number of carbonyl (C=O) groups is 1. The highest BCUT2D eigenvalue weighted by atomic mass is 16.5. The minimum absolute atomic E-state index is 0.0764. The van der Waals surface area contributed by atoms with Crippen LogP contribution in [0, 0.1) is 0 Å². The third-order valence-corrected chi connectivity index (χ3v) is 2.17. The van der Waals surface area contributed by atoms with Crippen molar-refractivity contribution in [1.29, 1.82) is 0 Å². The standard InChI is InChI=1S/C10H11N5O2/c1-15-4-3-7(14-15)9-12-5-6(8(11)13-9)10(16)17-2/h3-5H,1-2H3,(H2,11,12,13). The summed E-state index contributed by atoms with van der Waals surface area (Å²) in [6.45, 7) is 0. The molecule has 2 heterocycles. The van der Waals surface area contributed by atoms with Crippen LogP contribution in [0.4, 0.5) is 5.82 Å². The lowest BCUT2D eigenvalue weighted by molar-refractivity contribution is 0.0601. The van der Waals surface area contributed by atoms with Crippen LogP contribution in [0.15, 0.2) is 18.5 Å². The summed E-state index contributed by atoms with van der Waals surface area (Å²) in [7, 11) is 3.06. The molecule has 2 aromatic heterocycles. The highest BCUT2D eigenvalue weighted by Crippen LogP contribution is 2.15. The van der Waals surface area contributed by atoms with Gasteiger partial charge >= 0.3 is 5.97 Å². The fourth-order valence-electron chi connectivity index (χ4n) is 1.32. The van der Waals surface area contributed by atoms with Crippen LogP contribution in [0.25, 0.3) is 11.5 Å². The number of ether oxygens (including phenoxy) is 1. The van der Waals surface area contributed by atoms with Gasteiger partial charge in [0.1, 0.15) is 17.1 Å². The van der Waals surface area contributed by atoms with Crippen LogP contribution in [0.1, 0.15) is 10.4 Å². The van der Waals surface area contributed by atoms with E-state index in [0.717, 1.165) is 0 Å². The predicted octanol–water partition coefficient (Wildman–Crippen LogP) is 0.246. The number of nitrogens with two attached hydrogens (primary N) is 1. The van der Waals surface area contributed by atoms with Gasteiger partial charge in [-0.05, 0) is 6.07 Å². The van der Waals surface area contributed by atoms with Gasteiger partial charge in [0.15, 0.2) is 5.82 Å². The summed E-state index contributed by atoms with van der Waals surface area (Å²) in [6, 6.07) is 1.76. The van der Waals surface area contributed by atoms with Crippen LogP contribution < -0.4 is 5.73 Å². The first-order valence-corrected chi connectivity index (χ1v) is 4.82. The maximum Gasteiger partial charge on any atom is 0.343 e. The fourth-order valence-corrected chi connectivity index (χ4v) is 1.32. The number of aryl methyl sites for hydroxylation is 1. The van der Waals surface area contributed by atoms with Crippen LogP contribution in [0.5, 0.6) is 0 Å². The topological polar surface area (TPSA) is 95.9 Å². The number of carbonyl (C=O) groups excluding carboxylic acids is 1. The Hall–Kier alpha value is -2.44. The van der Waals surface area contributed by atoms with Gasteiger partial charge in [0.05, 0.1) is 7.11 Å². The van der Waals surface area contributed by atoms with Crippen LogP contribution in [-0.4, -0.2) is 32.8 Å². The first-order chi connectivity index (χ1) is 8.11. The Bertz CT molecular complexity index is 564. The van der Waals surface area contributed by atoms with Crippen molar-refractivity contribution in [2.75, 3.05) is 12.8 Å². The van der Waals surface area contributed by atoms with E-state index in [1.165, 1.54) is 13.3 Å². The molecule has 0 saturated carbocycles. The van der Waals surface area contributed by atoms with Crippen LogP contribution >= 0.6 is 0 Å². The van der Waals surface area contributed by atoms with Gasteiger partial charge < -0.3 is 10.5 Å². The number of rotatable bonds is 2. The molecule has 0 saturated heterocycles. The number of nitrogen functional groups attached to an aromatic ring is 1. The van der Waals surface area contributed by atoms with Gasteiger partial charge in [0, 0.05) is 19.4 Å². The molecular formula is C10H11N5O2. The number of hydrogen-bond donors (Lipinski definition) is 1. The minimum Gasteiger partial charge on any atom is -0.465 e. The number of nitrogens with zero attached hydrogens (tertiary/aromatic N) is 4. The summed E-state index contributed by atoms with van der Waals surface area (Å²) in [5.41, 5.74) is 6.39. The minimum atomic E-state index is -0.560. The lowest BCUT2D eigenvalue weighted by Crippen LogP contribution is -2.09. The second-order valence-electron chi connectivity index (χ2n) is 3.36. The van der Waals surface area contributed by atoms with E-state index in [4.69, 9.17) is 5.73 Å². The number of aromatic nitrogens is 4. The first kappa shape index (κ1) is 11.1. The number of methoxy groups -OCH3 is 1. The number of hydrogen-bond acceptors (Lipinski definition) is 6. The first-order valence-electron chi connectivity index (χ1n) is 4.82. The second kappa shape index (κ2) is 4.20. The van der Waals surface area contributed by atoms with Gasteiger partial charge in [-0.25, -0.2) is 14.8 Å². The summed E-state index contributed by atoms with van der Waals surface area (Å²) in [5, 5.41) is 4.14. The molecule has 17 heavy (non-hydrogen) atoms. The van der Waals surface area contributed by atoms with Crippen LogP contribution in [0.3, 0.4) is 0 Å². The Balaban J connectivity index is 2.40. The normalized spacial score (nSPS) is 10.2. The molecule has 2 aromatic rings. The van der Waals surface area contributed by atoms with Crippen LogP contribution in [-0.2, 0) is 11.8 Å². The van der Waals surface area contributed by atoms with E-state index in [-0.39, 0.29) is 11.4 Å². The summed E-state index contributed by atoms with van der Waals surface area (Å²) in [6.07, 6.45) is 3.10. The van der Waals surface area contributed by atoms with Crippen molar-refractivity contribution in [3.8, 4) is 11.5 Å². The van der Waals surface area contributed by atoms with Gasteiger partial charge in [-0.1, -0.05) is 0 Å². The van der Waals surface area contributed by atoms with Crippen molar-refractivity contribution in [3.05, 3.63) is 24.0 Å². The Morgan fingerprint density at radius 2 is 2.29 bits per heavy atom. The fraction of sp³-hybridized carbons (Fsp3) is 0.200. The molecule has 7 nitrogen and oxygen atoms in total. The zero-order chi connectivity index (χ0) is 12.4. The van der Waals surface area contributed by atoms with E-state index in [0.29, 0.717) is 11.5 Å². The van der Waals surface area contributed by atoms with Gasteiger partial charge in [0.25, 0.3) is 0 Å². The number of anilines is 1. The summed E-state index contributed by atoms with van der Waals surface area (Å²) < 4.78 is 6.18. The molecule has 0 aliphatic carbocycles. The summed E-state index contributed by atoms with van der Waals surface area (Å²) in [4.78, 5) is 19.3. The Morgan fingerprint density at radius 3 is 2.82 bits per heavy atom. The molecule has 0 fully saturated rings. The summed E-state index contributed by atoms with van der Waals surface area (Å²) >= 11 is 0. The van der Waals surface area contributed by atoms with Crippen molar-refractivity contribution in [2.24, 2.45) is 7.05 Å². The third-order valence-electron chi connectivity index (χ3n) is 2.17. The van der Waals surface area contributed by atoms with Gasteiger partial charge in [-0.3, -0.25) is 4.68 Å². The second-order valence-corrected chi connectivity index (χ2v) is 3.36. The Labute approximate surface area is 97.2 Å². The Kier molecular flexibility index (Phi) is 2.73. The Morgan fingerprint density at radius 1 is 1.53 bits per heavy atom. The van der Waals surface area contributed by atoms with Crippen molar-refractivity contribution >= 4 is 11.8 Å². The molecule has 2 N–H and O–H groups in total. The summed E-state index contributed by atoms with van der Waals surface area (Å²) in [5.74, 6) is -0.113. The zero-order valence-corrected chi connectivity index (χ0v) is 9.41. The maximum atomic E-state index is 11.3. The largest absolute Gasteiger partial charge is 0.465 e. The molecule has 0 amide bonds. The average Bonchev–Trinajstić information content (AvgIpc) is 2.75. The van der Waals surface area contributed by atoms with Crippen LogP contribution in [0.2, 0.25) is 0 Å². The van der Waals surface area contributed by atoms with Crippen molar-refractivity contribution in [2.45, 2.75) is 0 Å². The predicted molar refractivity (Wildman–Crippen MR) is 60.0 cm³/mol. The highest BCUT2D eigenvalue weighted by molar-refractivity contribution is 5.93. The van der Waals surface area contributed by atoms with Gasteiger partial charge in [-0.15, -0.1) is 0 Å². The molecule has 7 heteroatoms. The molecule has 0 atom stereocenters. The zero-order valence-electron chi connectivity index (χ0n) is 9.41. The monoisotopic (exact) mass is 233 g/mol. The lowest BCUT2D eigenvalue weighted by atomic mass is 10.3. The molecular weight excluding hydrogens is 222 g/mol. The van der Waals surface area contributed by atoms with Crippen molar-refractivity contribution < 1.29 is 9.53 Å². The quantitative estimate of drug-likeness (QED) is 0.747. The maximum absolute atomic E-state index is 11.3.